The molecule has 10 heteroatoms. The number of rotatable bonds is 9. The number of hydrogen-bond acceptors (Lipinski definition) is 8. The van der Waals surface area contributed by atoms with Crippen molar-refractivity contribution in [1.82, 2.24) is 10.3 Å². The zero-order chi connectivity index (χ0) is 23.7. The highest BCUT2D eigenvalue weighted by molar-refractivity contribution is 7.98. The summed E-state index contributed by atoms with van der Waals surface area (Å²) < 4.78 is 4.43. The number of primary amides is 1. The monoisotopic (exact) mass is 452 g/mol. The molecule has 2 aromatic rings. The molecule has 0 bridgehead atoms. The van der Waals surface area contributed by atoms with Crippen LogP contribution < -0.4 is 16.0 Å². The van der Waals surface area contributed by atoms with Crippen LogP contribution in [0.4, 0.5) is 10.6 Å². The smallest absolute Gasteiger partial charge is 0.405 e. The van der Waals surface area contributed by atoms with E-state index < -0.39 is 18.6 Å². The molecule has 166 valence electrons. The zero-order valence-corrected chi connectivity index (χ0v) is 19.0. The lowest BCUT2D eigenvalue weighted by Crippen LogP contribution is -2.29. The largest absolute Gasteiger partial charge is 0.440 e. The number of hydrogen-bond donors (Lipinski definition) is 2. The second-order valence-corrected chi connectivity index (χ2v) is 7.89. The number of aromatic nitrogens is 1. The highest BCUT2D eigenvalue weighted by Gasteiger charge is 2.20. The molecule has 0 saturated carbocycles. The predicted octanol–water partition coefficient (Wildman–Crippen LogP) is 2.46. The Morgan fingerprint density at radius 1 is 1.16 bits per heavy atom. The van der Waals surface area contributed by atoms with Crippen molar-refractivity contribution in [3.05, 3.63) is 52.1 Å². The number of amides is 2. The molecule has 0 fully saturated rings. The number of nitrogens with one attached hydrogen (secondary N) is 1. The van der Waals surface area contributed by atoms with Gasteiger partial charge >= 0.3 is 6.09 Å². The molecule has 0 atom stereocenters. The van der Waals surface area contributed by atoms with E-state index in [2.05, 4.69) is 27.2 Å². The van der Waals surface area contributed by atoms with Crippen molar-refractivity contribution in [3.8, 4) is 12.1 Å². The van der Waals surface area contributed by atoms with E-state index in [1.54, 1.807) is 4.90 Å². The number of carbonyl (C=O) groups excluding carboxylic acids is 2. The van der Waals surface area contributed by atoms with Gasteiger partial charge in [-0.25, -0.2) is 9.78 Å². The Morgan fingerprint density at radius 2 is 1.78 bits per heavy atom. The first kappa shape index (κ1) is 24.5. The summed E-state index contributed by atoms with van der Waals surface area (Å²) in [5.41, 5.74) is 8.31. The molecule has 1 aromatic heterocycles. The lowest BCUT2D eigenvalue weighted by atomic mass is 10.0. The van der Waals surface area contributed by atoms with Crippen LogP contribution in [0.15, 0.2) is 29.3 Å². The fourth-order valence-corrected chi connectivity index (χ4v) is 3.86. The van der Waals surface area contributed by atoms with Crippen LogP contribution in [0.1, 0.15) is 34.7 Å². The summed E-state index contributed by atoms with van der Waals surface area (Å²) in [5.74, 6) is 0.697. The Balaban J connectivity index is 2.10. The van der Waals surface area contributed by atoms with E-state index in [0.717, 1.165) is 11.1 Å². The first-order chi connectivity index (χ1) is 15.3. The van der Waals surface area contributed by atoms with Crippen LogP contribution in [-0.2, 0) is 28.2 Å². The number of carbonyl (C=O) groups is 2. The third-order valence-electron chi connectivity index (χ3n) is 4.48. The number of pyridine rings is 1. The van der Waals surface area contributed by atoms with E-state index in [4.69, 9.17) is 5.73 Å². The predicted molar refractivity (Wildman–Crippen MR) is 121 cm³/mol. The van der Waals surface area contributed by atoms with Crippen molar-refractivity contribution >= 4 is 29.6 Å². The second-order valence-electron chi connectivity index (χ2n) is 6.93. The van der Waals surface area contributed by atoms with Crippen molar-refractivity contribution in [2.24, 2.45) is 5.73 Å². The van der Waals surface area contributed by atoms with Gasteiger partial charge in [0.05, 0.1) is 11.1 Å². The first-order valence-corrected chi connectivity index (χ1v) is 10.7. The van der Waals surface area contributed by atoms with E-state index in [9.17, 15) is 20.1 Å². The van der Waals surface area contributed by atoms with Gasteiger partial charge in [0.2, 0.25) is 0 Å². The Morgan fingerprint density at radius 3 is 2.31 bits per heavy atom. The Labute approximate surface area is 191 Å². The number of ether oxygens (including phenoxy) is 1. The summed E-state index contributed by atoms with van der Waals surface area (Å²) in [7, 11) is 3.64. The molecule has 0 aliphatic heterocycles. The van der Waals surface area contributed by atoms with E-state index in [1.165, 1.54) is 11.8 Å². The molecule has 9 nitrogen and oxygen atoms in total. The highest BCUT2D eigenvalue weighted by Crippen LogP contribution is 2.32. The van der Waals surface area contributed by atoms with E-state index >= 15 is 0 Å². The summed E-state index contributed by atoms with van der Waals surface area (Å²) >= 11 is 1.44. The molecule has 3 N–H and O–H groups in total. The maximum Gasteiger partial charge on any atom is 0.405 e. The maximum atomic E-state index is 11.6. The lowest BCUT2D eigenvalue weighted by molar-refractivity contribution is -0.124. The SMILES string of the molecule is CCc1c(C#N)c(SCc2ccc(CNC(=O)COC(N)=O)cc2)nc(N(C)C)c1C#N. The Hall–Kier alpha value is -3.76. The number of nitrogens with zero attached hydrogens (tertiary/aromatic N) is 4. The first-order valence-electron chi connectivity index (χ1n) is 9.74. The van der Waals surface area contributed by atoms with Gasteiger partial charge in [0.25, 0.3) is 5.91 Å². The third-order valence-corrected chi connectivity index (χ3v) is 5.53. The molecular formula is C22H24N6O3S. The maximum absolute atomic E-state index is 11.6. The van der Waals surface area contributed by atoms with Gasteiger partial charge in [-0.3, -0.25) is 4.79 Å². The quantitative estimate of drug-likeness (QED) is 0.552. The topological polar surface area (TPSA) is 145 Å². The van der Waals surface area contributed by atoms with Crippen molar-refractivity contribution in [1.29, 1.82) is 10.5 Å². The van der Waals surface area contributed by atoms with Gasteiger partial charge in [0.15, 0.2) is 6.61 Å². The number of anilines is 1. The van der Waals surface area contributed by atoms with Gasteiger partial charge < -0.3 is 20.7 Å². The minimum Gasteiger partial charge on any atom is -0.440 e. The molecule has 0 unspecified atom stereocenters. The van der Waals surface area contributed by atoms with Crippen LogP contribution in [0.25, 0.3) is 0 Å². The molecule has 2 rings (SSSR count). The summed E-state index contributed by atoms with van der Waals surface area (Å²) in [4.78, 5) is 28.5. The molecule has 0 radical (unpaired) electrons. The molecule has 1 aromatic carbocycles. The highest BCUT2D eigenvalue weighted by atomic mass is 32.2. The average Bonchev–Trinajstić information content (AvgIpc) is 2.79. The van der Waals surface area contributed by atoms with Crippen LogP contribution in [-0.4, -0.2) is 37.7 Å². The van der Waals surface area contributed by atoms with Crippen LogP contribution in [0.5, 0.6) is 0 Å². The molecule has 0 spiro atoms. The fourth-order valence-electron chi connectivity index (χ4n) is 2.90. The number of thioether (sulfide) groups is 1. The van der Waals surface area contributed by atoms with E-state index in [1.807, 2.05) is 45.3 Å². The van der Waals surface area contributed by atoms with Crippen molar-refractivity contribution in [3.63, 3.8) is 0 Å². The molecule has 2 amide bonds. The molecule has 1 heterocycles. The normalized spacial score (nSPS) is 10.0. The van der Waals surface area contributed by atoms with Crippen LogP contribution in [0.3, 0.4) is 0 Å². The Kier molecular flexibility index (Phi) is 8.87. The minimum atomic E-state index is -0.998. The Bertz CT molecular complexity index is 1070. The zero-order valence-electron chi connectivity index (χ0n) is 18.1. The molecule has 0 aliphatic rings. The van der Waals surface area contributed by atoms with E-state index in [0.29, 0.717) is 39.7 Å². The third kappa shape index (κ3) is 6.37. The van der Waals surface area contributed by atoms with Gasteiger partial charge in [-0.2, -0.15) is 10.5 Å². The van der Waals surface area contributed by atoms with Crippen LogP contribution in [0, 0.1) is 22.7 Å². The summed E-state index contributed by atoms with van der Waals surface area (Å²) in [6.45, 7) is 1.79. The van der Waals surface area contributed by atoms with Gasteiger partial charge in [0.1, 0.15) is 23.0 Å². The van der Waals surface area contributed by atoms with Gasteiger partial charge in [-0.1, -0.05) is 31.2 Å². The van der Waals surface area contributed by atoms with Gasteiger partial charge in [-0.15, -0.1) is 11.8 Å². The molecule has 0 saturated heterocycles. The summed E-state index contributed by atoms with van der Waals surface area (Å²) in [6, 6.07) is 12.0. The lowest BCUT2D eigenvalue weighted by Gasteiger charge is -2.18. The summed E-state index contributed by atoms with van der Waals surface area (Å²) in [6.07, 6.45) is -0.435. The van der Waals surface area contributed by atoms with Crippen molar-refractivity contribution in [2.45, 2.75) is 30.7 Å². The van der Waals surface area contributed by atoms with Gasteiger partial charge in [-0.05, 0) is 23.1 Å². The minimum absolute atomic E-state index is 0.288. The number of nitriles is 2. The van der Waals surface area contributed by atoms with Crippen molar-refractivity contribution in [2.75, 3.05) is 25.6 Å². The van der Waals surface area contributed by atoms with Gasteiger partial charge in [0, 0.05) is 26.4 Å². The summed E-state index contributed by atoms with van der Waals surface area (Å²) in [5, 5.41) is 22.5. The van der Waals surface area contributed by atoms with E-state index in [-0.39, 0.29) is 6.54 Å². The van der Waals surface area contributed by atoms with Crippen LogP contribution >= 0.6 is 11.8 Å². The average molecular weight is 453 g/mol. The number of benzene rings is 1. The standard InChI is InChI=1S/C22H24N6O3S/c1-4-16-17(9-23)20(28(2)3)27-21(18(16)10-24)32-13-15-7-5-14(6-8-15)11-26-19(29)12-31-22(25)30/h5-8H,4,11-13H2,1-3H3,(H2,25,30)(H,26,29). The molecule has 32 heavy (non-hydrogen) atoms. The van der Waals surface area contributed by atoms with Crippen molar-refractivity contribution < 1.29 is 14.3 Å². The van der Waals surface area contributed by atoms with Crippen LogP contribution in [0.2, 0.25) is 0 Å². The molecule has 0 aliphatic carbocycles. The number of nitrogens with two attached hydrogens (primary N) is 1. The fraction of sp³-hybridized carbons (Fsp3) is 0.318. The molecular weight excluding hydrogens is 428 g/mol. The second kappa shape index (κ2) is 11.6.